The molecule has 0 unspecified atom stereocenters. The molecular formula is C21H24N2O2. The van der Waals surface area contributed by atoms with Gasteiger partial charge in [-0.15, -0.1) is 0 Å². The molecule has 25 heavy (non-hydrogen) atoms. The number of carbonyl (C=O) groups is 2. The van der Waals surface area contributed by atoms with Crippen LogP contribution in [0.15, 0.2) is 54.6 Å². The predicted octanol–water partition coefficient (Wildman–Crippen LogP) is 4.63. The number of nitrogens with one attached hydrogen (secondary N) is 2. The molecule has 2 N–H and O–H groups in total. The minimum absolute atomic E-state index is 0.0434. The van der Waals surface area contributed by atoms with Gasteiger partial charge < -0.3 is 10.6 Å². The third kappa shape index (κ3) is 5.60. The van der Waals surface area contributed by atoms with Gasteiger partial charge in [0.25, 0.3) is 0 Å². The van der Waals surface area contributed by atoms with Crippen LogP contribution in [0.3, 0.4) is 0 Å². The lowest BCUT2D eigenvalue weighted by Crippen LogP contribution is -2.27. The Morgan fingerprint density at radius 1 is 0.960 bits per heavy atom. The maximum atomic E-state index is 12.1. The monoisotopic (exact) mass is 336 g/mol. The van der Waals surface area contributed by atoms with Crippen molar-refractivity contribution in [3.8, 4) is 0 Å². The van der Waals surface area contributed by atoms with Gasteiger partial charge in [0.15, 0.2) is 0 Å². The van der Waals surface area contributed by atoms with Crippen LogP contribution in [-0.4, -0.2) is 11.8 Å². The Hall–Kier alpha value is -2.88. The summed E-state index contributed by atoms with van der Waals surface area (Å²) in [6, 6.07) is 15.1. The van der Waals surface area contributed by atoms with Gasteiger partial charge in [-0.25, -0.2) is 0 Å². The molecule has 2 rings (SSSR count). The standard InChI is InChI=1S/C21H24N2O2/c1-15-14-17(11-12-18(15)23-20(25)21(2,3)4)22-19(24)13-10-16-8-6-5-7-9-16/h5-14H,1-4H3,(H,22,24)(H,23,25). The lowest BCUT2D eigenvalue weighted by Gasteiger charge is -2.19. The summed E-state index contributed by atoms with van der Waals surface area (Å²) in [6.45, 7) is 7.50. The number of benzene rings is 2. The van der Waals surface area contributed by atoms with Crippen molar-refractivity contribution < 1.29 is 9.59 Å². The van der Waals surface area contributed by atoms with Crippen LogP contribution in [0, 0.1) is 12.3 Å². The van der Waals surface area contributed by atoms with Crippen molar-refractivity contribution in [2.75, 3.05) is 10.6 Å². The van der Waals surface area contributed by atoms with Crippen molar-refractivity contribution >= 4 is 29.3 Å². The molecule has 130 valence electrons. The quantitative estimate of drug-likeness (QED) is 0.800. The Morgan fingerprint density at radius 2 is 1.64 bits per heavy atom. The second-order valence-corrected chi connectivity index (χ2v) is 6.97. The smallest absolute Gasteiger partial charge is 0.248 e. The Bertz CT molecular complexity index is 787. The molecule has 0 fully saturated rings. The summed E-state index contributed by atoms with van der Waals surface area (Å²) in [5.41, 5.74) is 2.84. The molecule has 0 heterocycles. The number of aryl methyl sites for hydroxylation is 1. The number of hydrogen-bond donors (Lipinski definition) is 2. The molecule has 0 aliphatic carbocycles. The fourth-order valence-corrected chi connectivity index (χ4v) is 2.11. The summed E-state index contributed by atoms with van der Waals surface area (Å²) >= 11 is 0. The zero-order valence-electron chi connectivity index (χ0n) is 15.1. The number of anilines is 2. The van der Waals surface area contributed by atoms with E-state index in [-0.39, 0.29) is 11.8 Å². The fraction of sp³-hybridized carbons (Fsp3) is 0.238. The van der Waals surface area contributed by atoms with E-state index in [1.807, 2.05) is 64.1 Å². The Balaban J connectivity index is 2.01. The molecule has 0 saturated carbocycles. The highest BCUT2D eigenvalue weighted by Crippen LogP contribution is 2.23. The summed E-state index contributed by atoms with van der Waals surface area (Å²) in [6.07, 6.45) is 3.26. The van der Waals surface area contributed by atoms with Crippen LogP contribution in [0.5, 0.6) is 0 Å². The molecule has 4 heteroatoms. The van der Waals surface area contributed by atoms with Gasteiger partial charge in [-0.2, -0.15) is 0 Å². The van der Waals surface area contributed by atoms with Crippen molar-refractivity contribution in [2.45, 2.75) is 27.7 Å². The largest absolute Gasteiger partial charge is 0.325 e. The average molecular weight is 336 g/mol. The maximum Gasteiger partial charge on any atom is 0.248 e. The second kappa shape index (κ2) is 7.79. The average Bonchev–Trinajstić information content (AvgIpc) is 2.55. The predicted molar refractivity (Wildman–Crippen MR) is 103 cm³/mol. The van der Waals surface area contributed by atoms with E-state index >= 15 is 0 Å². The third-order valence-corrected chi connectivity index (χ3v) is 3.65. The minimum Gasteiger partial charge on any atom is -0.325 e. The van der Waals surface area contributed by atoms with E-state index in [9.17, 15) is 9.59 Å². The second-order valence-electron chi connectivity index (χ2n) is 6.97. The van der Waals surface area contributed by atoms with Crippen LogP contribution >= 0.6 is 0 Å². The van der Waals surface area contributed by atoms with Gasteiger partial charge in [0, 0.05) is 22.9 Å². The van der Waals surface area contributed by atoms with Crippen LogP contribution in [0.4, 0.5) is 11.4 Å². The number of amides is 2. The highest BCUT2D eigenvalue weighted by molar-refractivity contribution is 6.02. The van der Waals surface area contributed by atoms with Gasteiger partial charge in [0.2, 0.25) is 11.8 Å². The van der Waals surface area contributed by atoms with Gasteiger partial charge in [-0.3, -0.25) is 9.59 Å². The highest BCUT2D eigenvalue weighted by atomic mass is 16.2. The number of hydrogen-bond acceptors (Lipinski definition) is 2. The first-order chi connectivity index (χ1) is 11.8. The maximum absolute atomic E-state index is 12.1. The normalized spacial score (nSPS) is 11.4. The van der Waals surface area contributed by atoms with Crippen LogP contribution in [0.2, 0.25) is 0 Å². The van der Waals surface area contributed by atoms with Crippen molar-refractivity contribution in [3.05, 3.63) is 65.7 Å². The molecule has 2 aromatic carbocycles. The van der Waals surface area contributed by atoms with E-state index in [0.29, 0.717) is 5.69 Å². The molecule has 0 spiro atoms. The van der Waals surface area contributed by atoms with Crippen LogP contribution in [-0.2, 0) is 9.59 Å². The van der Waals surface area contributed by atoms with E-state index < -0.39 is 5.41 Å². The molecule has 0 aliphatic rings. The Labute approximate surface area is 149 Å². The number of carbonyl (C=O) groups excluding carboxylic acids is 2. The molecular weight excluding hydrogens is 312 g/mol. The molecule has 0 radical (unpaired) electrons. The van der Waals surface area contributed by atoms with Gasteiger partial charge in [-0.1, -0.05) is 51.1 Å². The van der Waals surface area contributed by atoms with Crippen LogP contribution in [0.1, 0.15) is 31.9 Å². The van der Waals surface area contributed by atoms with Crippen molar-refractivity contribution in [1.29, 1.82) is 0 Å². The van der Waals surface area contributed by atoms with Gasteiger partial charge in [0.1, 0.15) is 0 Å². The van der Waals surface area contributed by atoms with Crippen LogP contribution in [0.25, 0.3) is 6.08 Å². The SMILES string of the molecule is Cc1cc(NC(=O)C=Cc2ccccc2)ccc1NC(=O)C(C)(C)C. The van der Waals surface area contributed by atoms with Gasteiger partial charge in [-0.05, 0) is 42.3 Å². The molecule has 0 atom stereocenters. The van der Waals surface area contributed by atoms with Crippen molar-refractivity contribution in [3.63, 3.8) is 0 Å². The molecule has 2 aromatic rings. The lowest BCUT2D eigenvalue weighted by molar-refractivity contribution is -0.123. The first-order valence-corrected chi connectivity index (χ1v) is 8.22. The van der Waals surface area contributed by atoms with E-state index in [0.717, 1.165) is 16.8 Å². The van der Waals surface area contributed by atoms with Crippen molar-refractivity contribution in [1.82, 2.24) is 0 Å². The molecule has 4 nitrogen and oxygen atoms in total. The number of rotatable bonds is 4. The zero-order valence-corrected chi connectivity index (χ0v) is 15.1. The van der Waals surface area contributed by atoms with E-state index in [1.54, 1.807) is 18.2 Å². The fourth-order valence-electron chi connectivity index (χ4n) is 2.11. The molecule has 2 amide bonds. The van der Waals surface area contributed by atoms with Gasteiger partial charge in [0.05, 0.1) is 0 Å². The molecule has 0 bridgehead atoms. The van der Waals surface area contributed by atoms with E-state index in [2.05, 4.69) is 10.6 Å². The minimum atomic E-state index is -0.457. The highest BCUT2D eigenvalue weighted by Gasteiger charge is 2.21. The summed E-state index contributed by atoms with van der Waals surface area (Å²) in [5.74, 6) is -0.243. The summed E-state index contributed by atoms with van der Waals surface area (Å²) < 4.78 is 0. The summed E-state index contributed by atoms with van der Waals surface area (Å²) in [4.78, 5) is 24.1. The Morgan fingerprint density at radius 3 is 2.24 bits per heavy atom. The van der Waals surface area contributed by atoms with Gasteiger partial charge >= 0.3 is 0 Å². The van der Waals surface area contributed by atoms with Crippen LogP contribution < -0.4 is 10.6 Å². The third-order valence-electron chi connectivity index (χ3n) is 3.65. The molecule has 0 saturated heterocycles. The zero-order chi connectivity index (χ0) is 18.4. The van der Waals surface area contributed by atoms with E-state index in [1.165, 1.54) is 6.08 Å². The van der Waals surface area contributed by atoms with Crippen molar-refractivity contribution in [2.24, 2.45) is 5.41 Å². The molecule has 0 aliphatic heterocycles. The lowest BCUT2D eigenvalue weighted by atomic mass is 9.95. The Kier molecular flexibility index (Phi) is 5.75. The van der Waals surface area contributed by atoms with E-state index in [4.69, 9.17) is 0 Å². The first-order valence-electron chi connectivity index (χ1n) is 8.22. The summed E-state index contributed by atoms with van der Waals surface area (Å²) in [7, 11) is 0. The first kappa shape index (κ1) is 18.5. The topological polar surface area (TPSA) is 58.2 Å². The summed E-state index contributed by atoms with van der Waals surface area (Å²) in [5, 5.41) is 5.74. The molecule has 0 aromatic heterocycles.